The van der Waals surface area contributed by atoms with Crippen LogP contribution in [0.1, 0.15) is 26.5 Å². The van der Waals surface area contributed by atoms with E-state index >= 15 is 0 Å². The van der Waals surface area contributed by atoms with Crippen LogP contribution < -0.4 is 0 Å². The molecule has 0 radical (unpaired) electrons. The van der Waals surface area contributed by atoms with Crippen LogP contribution in [-0.2, 0) is 11.8 Å². The van der Waals surface area contributed by atoms with Crippen LogP contribution in [0.3, 0.4) is 0 Å². The van der Waals surface area contributed by atoms with E-state index in [-0.39, 0.29) is 12.4 Å². The number of carbonyl (C=O) groups excluding carboxylic acids is 2. The summed E-state index contributed by atoms with van der Waals surface area (Å²) in [6.07, 6.45) is 1.65. The molecule has 140 valence electrons. The highest BCUT2D eigenvalue weighted by Crippen LogP contribution is 2.27. The summed E-state index contributed by atoms with van der Waals surface area (Å²) >= 11 is 0. The Kier molecular flexibility index (Phi) is 4.49. The summed E-state index contributed by atoms with van der Waals surface area (Å²) in [4.78, 5) is 32.4. The molecule has 3 aromatic heterocycles. The van der Waals surface area contributed by atoms with Crippen molar-refractivity contribution in [3.05, 3.63) is 71.7 Å². The number of Topliss-reactive ketones (excluding diaryl/α,β-unsaturated/α-hetero) is 1. The number of nitrogens with zero attached hydrogens (tertiary/aromatic N) is 3. The average Bonchev–Trinajstić information content (AvgIpc) is 3.35. The van der Waals surface area contributed by atoms with Gasteiger partial charge in [-0.1, -0.05) is 30.3 Å². The fourth-order valence-electron chi connectivity index (χ4n) is 3.15. The van der Waals surface area contributed by atoms with Gasteiger partial charge in [-0.2, -0.15) is 5.10 Å². The summed E-state index contributed by atoms with van der Waals surface area (Å²) in [7, 11) is 1.78. The maximum atomic E-state index is 12.8. The van der Waals surface area contributed by atoms with Crippen molar-refractivity contribution in [1.82, 2.24) is 19.7 Å². The van der Waals surface area contributed by atoms with Gasteiger partial charge in [0, 0.05) is 18.8 Å². The molecule has 0 atom stereocenters. The molecule has 28 heavy (non-hydrogen) atoms. The van der Waals surface area contributed by atoms with Crippen LogP contribution in [0.4, 0.5) is 0 Å². The van der Waals surface area contributed by atoms with Crippen LogP contribution in [0.25, 0.3) is 22.3 Å². The number of esters is 1. The minimum atomic E-state index is -0.583. The van der Waals surface area contributed by atoms with E-state index in [1.165, 1.54) is 0 Å². The molecule has 0 saturated heterocycles. The lowest BCUT2D eigenvalue weighted by molar-refractivity contribution is 0.0475. The van der Waals surface area contributed by atoms with E-state index < -0.39 is 5.97 Å². The van der Waals surface area contributed by atoms with E-state index in [4.69, 9.17) is 4.74 Å². The van der Waals surface area contributed by atoms with Gasteiger partial charge in [0.1, 0.15) is 0 Å². The molecule has 0 saturated carbocycles. The zero-order valence-corrected chi connectivity index (χ0v) is 15.5. The molecule has 0 aliphatic carbocycles. The number of rotatable bonds is 5. The third-order valence-electron chi connectivity index (χ3n) is 4.49. The van der Waals surface area contributed by atoms with Crippen LogP contribution >= 0.6 is 0 Å². The van der Waals surface area contributed by atoms with Crippen LogP contribution in [-0.4, -0.2) is 38.1 Å². The molecule has 1 N–H and O–H groups in total. The van der Waals surface area contributed by atoms with E-state index in [1.807, 2.05) is 37.3 Å². The van der Waals surface area contributed by atoms with Gasteiger partial charge in [-0.3, -0.25) is 9.48 Å². The van der Waals surface area contributed by atoms with Crippen molar-refractivity contribution in [2.75, 3.05) is 6.61 Å². The molecule has 4 aromatic rings. The van der Waals surface area contributed by atoms with E-state index in [9.17, 15) is 9.59 Å². The molecule has 0 fully saturated rings. The molecule has 7 nitrogen and oxygen atoms in total. The van der Waals surface area contributed by atoms with Gasteiger partial charge < -0.3 is 9.72 Å². The van der Waals surface area contributed by atoms with Crippen LogP contribution in [0.2, 0.25) is 0 Å². The Labute approximate surface area is 161 Å². The first-order valence-corrected chi connectivity index (χ1v) is 8.78. The number of pyridine rings is 1. The predicted molar refractivity (Wildman–Crippen MR) is 104 cm³/mol. The Hall–Kier alpha value is -3.74. The quantitative estimate of drug-likeness (QED) is 0.428. The van der Waals surface area contributed by atoms with Gasteiger partial charge in [-0.05, 0) is 25.1 Å². The number of aryl methyl sites for hydroxylation is 2. The molecule has 7 heteroatoms. The minimum absolute atomic E-state index is 0.296. The second-order valence-electron chi connectivity index (χ2n) is 6.41. The zero-order valence-electron chi connectivity index (χ0n) is 15.5. The zero-order chi connectivity index (χ0) is 19.7. The summed E-state index contributed by atoms with van der Waals surface area (Å²) in [5.41, 5.74) is 3.51. The first-order chi connectivity index (χ1) is 13.5. The summed E-state index contributed by atoms with van der Waals surface area (Å²) in [6, 6.07) is 14.6. The fraction of sp³-hybridized carbons (Fsp3) is 0.143. The maximum absolute atomic E-state index is 12.8. The monoisotopic (exact) mass is 374 g/mol. The number of aromatic amines is 1. The molecular weight excluding hydrogens is 356 g/mol. The first-order valence-electron chi connectivity index (χ1n) is 8.78. The Bertz CT molecular complexity index is 1160. The Balaban J connectivity index is 1.72. The maximum Gasteiger partial charge on any atom is 0.339 e. The van der Waals surface area contributed by atoms with Crippen molar-refractivity contribution in [3.63, 3.8) is 0 Å². The molecule has 0 aliphatic heterocycles. The minimum Gasteiger partial charge on any atom is -0.454 e. The molecule has 1 aromatic carbocycles. The Morgan fingerprint density at radius 1 is 1.14 bits per heavy atom. The van der Waals surface area contributed by atoms with Crippen molar-refractivity contribution in [1.29, 1.82) is 0 Å². The van der Waals surface area contributed by atoms with E-state index in [2.05, 4.69) is 15.1 Å². The third kappa shape index (κ3) is 3.18. The first kappa shape index (κ1) is 17.7. The molecule has 0 bridgehead atoms. The lowest BCUT2D eigenvalue weighted by Crippen LogP contribution is -2.15. The van der Waals surface area contributed by atoms with Gasteiger partial charge in [-0.25, -0.2) is 9.78 Å². The number of fused-ring (bicyclic) bond motifs is 1. The topological polar surface area (TPSA) is 89.9 Å². The van der Waals surface area contributed by atoms with Gasteiger partial charge in [0.05, 0.1) is 28.0 Å². The summed E-state index contributed by atoms with van der Waals surface area (Å²) < 4.78 is 6.94. The van der Waals surface area contributed by atoms with Crippen molar-refractivity contribution in [3.8, 4) is 11.3 Å². The number of ether oxygens (including phenoxy) is 1. The summed E-state index contributed by atoms with van der Waals surface area (Å²) in [5.74, 6) is -0.879. The highest BCUT2D eigenvalue weighted by Gasteiger charge is 2.21. The van der Waals surface area contributed by atoms with Crippen molar-refractivity contribution >= 4 is 22.8 Å². The summed E-state index contributed by atoms with van der Waals surface area (Å²) in [5, 5.41) is 5.00. The molecule has 3 heterocycles. The standard InChI is InChI=1S/C21H18N4O3/c1-13-19-15(21(27)28-12-18(26)16-9-6-10-22-16)11-17(14-7-4-3-5-8-14)23-20(19)25(2)24-13/h3-11,22H,12H2,1-2H3. The average molecular weight is 374 g/mol. The number of aromatic nitrogens is 4. The second kappa shape index (κ2) is 7.11. The van der Waals surface area contributed by atoms with Crippen molar-refractivity contribution in [2.24, 2.45) is 7.05 Å². The Morgan fingerprint density at radius 3 is 2.64 bits per heavy atom. The molecule has 4 rings (SSSR count). The number of benzene rings is 1. The number of hydrogen-bond donors (Lipinski definition) is 1. The third-order valence-corrected chi connectivity index (χ3v) is 4.49. The number of carbonyl (C=O) groups is 2. The van der Waals surface area contributed by atoms with Crippen LogP contribution in [0.15, 0.2) is 54.7 Å². The van der Waals surface area contributed by atoms with E-state index in [0.29, 0.717) is 33.7 Å². The van der Waals surface area contributed by atoms with Gasteiger partial charge in [0.15, 0.2) is 12.3 Å². The van der Waals surface area contributed by atoms with Gasteiger partial charge in [0.2, 0.25) is 5.78 Å². The highest BCUT2D eigenvalue weighted by molar-refractivity contribution is 6.06. The number of hydrogen-bond acceptors (Lipinski definition) is 5. The lowest BCUT2D eigenvalue weighted by Gasteiger charge is -2.08. The molecule has 0 unspecified atom stereocenters. The Morgan fingerprint density at radius 2 is 1.93 bits per heavy atom. The highest BCUT2D eigenvalue weighted by atomic mass is 16.5. The van der Waals surface area contributed by atoms with Gasteiger partial charge in [-0.15, -0.1) is 0 Å². The molecule has 0 spiro atoms. The van der Waals surface area contributed by atoms with E-state index in [1.54, 1.807) is 36.1 Å². The predicted octanol–water partition coefficient (Wildman–Crippen LogP) is 3.31. The van der Waals surface area contributed by atoms with Gasteiger partial charge >= 0.3 is 5.97 Å². The van der Waals surface area contributed by atoms with Crippen molar-refractivity contribution < 1.29 is 14.3 Å². The largest absolute Gasteiger partial charge is 0.454 e. The van der Waals surface area contributed by atoms with Gasteiger partial charge in [0.25, 0.3) is 0 Å². The molecule has 0 amide bonds. The fourth-order valence-corrected chi connectivity index (χ4v) is 3.15. The smallest absolute Gasteiger partial charge is 0.339 e. The SMILES string of the molecule is Cc1nn(C)c2nc(-c3ccccc3)cc(C(=O)OCC(=O)c3ccc[nH]3)c12. The number of nitrogens with one attached hydrogen (secondary N) is 1. The lowest BCUT2D eigenvalue weighted by atomic mass is 10.1. The van der Waals surface area contributed by atoms with E-state index in [0.717, 1.165) is 5.56 Å². The molecular formula is C21H18N4O3. The van der Waals surface area contributed by atoms with Crippen molar-refractivity contribution in [2.45, 2.75) is 6.92 Å². The van der Waals surface area contributed by atoms with Crippen LogP contribution in [0.5, 0.6) is 0 Å². The molecule has 0 aliphatic rings. The second-order valence-corrected chi connectivity index (χ2v) is 6.41. The normalized spacial score (nSPS) is 10.9. The van der Waals surface area contributed by atoms with Crippen LogP contribution in [0, 0.1) is 6.92 Å². The number of H-pyrrole nitrogens is 1. The summed E-state index contributed by atoms with van der Waals surface area (Å²) in [6.45, 7) is 1.47. The number of ketones is 1.